The molecule has 1 unspecified atom stereocenters. The molecule has 4 heterocycles. The first-order chi connectivity index (χ1) is 21.6. The van der Waals surface area contributed by atoms with Crippen LogP contribution in [0.2, 0.25) is 0 Å². The molecule has 0 spiro atoms. The number of aromatic nitrogens is 6. The number of ether oxygens (including phenoxy) is 2. The first-order valence-corrected chi connectivity index (χ1v) is 14.3. The third-order valence-electron chi connectivity index (χ3n) is 7.44. The Morgan fingerprint density at radius 1 is 1.13 bits per heavy atom. The Labute approximate surface area is 257 Å². The van der Waals surface area contributed by atoms with Crippen LogP contribution in [0.4, 0.5) is 24.7 Å². The van der Waals surface area contributed by atoms with Crippen molar-refractivity contribution in [3.63, 3.8) is 0 Å². The van der Waals surface area contributed by atoms with Crippen LogP contribution >= 0.6 is 0 Å². The largest absolute Gasteiger partial charge is 0.497 e. The van der Waals surface area contributed by atoms with Crippen LogP contribution in [0.3, 0.4) is 0 Å². The molecule has 1 N–H and O–H groups in total. The van der Waals surface area contributed by atoms with Gasteiger partial charge in [0.05, 0.1) is 56.6 Å². The monoisotopic (exact) mass is 623 g/mol. The average Bonchev–Trinajstić information content (AvgIpc) is 3.51. The number of nitrogens with one attached hydrogen (secondary N) is 1. The second-order valence-electron chi connectivity index (χ2n) is 10.7. The number of nitriles is 1. The van der Waals surface area contributed by atoms with Crippen LogP contribution in [0.15, 0.2) is 59.8 Å². The summed E-state index contributed by atoms with van der Waals surface area (Å²) in [6.45, 7) is 3.25. The van der Waals surface area contributed by atoms with Gasteiger partial charge in [0.1, 0.15) is 28.9 Å². The second-order valence-corrected chi connectivity index (χ2v) is 10.7. The third-order valence-corrected chi connectivity index (χ3v) is 7.44. The van der Waals surface area contributed by atoms with Gasteiger partial charge in [-0.05, 0) is 49.6 Å². The zero-order valence-electron chi connectivity index (χ0n) is 24.7. The lowest BCUT2D eigenvalue weighted by Gasteiger charge is -2.32. The summed E-state index contributed by atoms with van der Waals surface area (Å²) < 4.78 is 55.3. The molecule has 1 aliphatic heterocycles. The predicted octanol–water partition coefficient (Wildman–Crippen LogP) is 4.04. The molecule has 1 aromatic carbocycles. The van der Waals surface area contributed by atoms with Crippen molar-refractivity contribution in [2.75, 3.05) is 37.0 Å². The van der Waals surface area contributed by atoms with E-state index in [0.29, 0.717) is 22.6 Å². The van der Waals surface area contributed by atoms with E-state index in [-0.39, 0.29) is 25.8 Å². The van der Waals surface area contributed by atoms with Crippen LogP contribution in [0.1, 0.15) is 48.2 Å². The van der Waals surface area contributed by atoms with Crippen LogP contribution in [-0.4, -0.2) is 62.6 Å². The summed E-state index contributed by atoms with van der Waals surface area (Å²) in [6, 6.07) is 11.9. The number of alkyl halides is 3. The summed E-state index contributed by atoms with van der Waals surface area (Å²) in [6.07, 6.45) is 1.17. The molecule has 5 rings (SSSR count). The molecule has 0 aliphatic carbocycles. The SMILES string of the molecule is COc1ccc(Cn2ncc(NC(C)COCc3cn(C4CCN(c5ccc(C#N)cn5)CC4)nn3)c(C(F)(F)F)c2=O)cc1. The zero-order valence-corrected chi connectivity index (χ0v) is 24.7. The Balaban J connectivity index is 1.13. The number of rotatable bonds is 11. The van der Waals surface area contributed by atoms with Crippen LogP contribution in [0, 0.1) is 11.3 Å². The fraction of sp³-hybridized carbons (Fsp3) is 0.400. The normalized spacial score (nSPS) is 14.6. The van der Waals surface area contributed by atoms with Gasteiger partial charge in [0.2, 0.25) is 0 Å². The summed E-state index contributed by atoms with van der Waals surface area (Å²) in [4.78, 5) is 19.4. The van der Waals surface area contributed by atoms with Crippen LogP contribution in [-0.2, 0) is 24.1 Å². The Bertz CT molecular complexity index is 1670. The molecule has 12 nitrogen and oxygen atoms in total. The molecule has 0 amide bonds. The highest BCUT2D eigenvalue weighted by molar-refractivity contribution is 5.50. The Morgan fingerprint density at radius 2 is 1.89 bits per heavy atom. The van der Waals surface area contributed by atoms with Crippen molar-refractivity contribution in [2.45, 2.75) is 51.2 Å². The van der Waals surface area contributed by atoms with Gasteiger partial charge in [0.15, 0.2) is 0 Å². The van der Waals surface area contributed by atoms with Crippen molar-refractivity contribution in [2.24, 2.45) is 0 Å². The lowest BCUT2D eigenvalue weighted by atomic mass is 10.1. The predicted molar refractivity (Wildman–Crippen MR) is 158 cm³/mol. The molecule has 0 bridgehead atoms. The summed E-state index contributed by atoms with van der Waals surface area (Å²) in [5.74, 6) is 1.42. The van der Waals surface area contributed by atoms with Gasteiger partial charge in [0.25, 0.3) is 5.56 Å². The highest BCUT2D eigenvalue weighted by Crippen LogP contribution is 2.32. The molecule has 1 fully saturated rings. The van der Waals surface area contributed by atoms with Gasteiger partial charge >= 0.3 is 6.18 Å². The summed E-state index contributed by atoms with van der Waals surface area (Å²) in [7, 11) is 1.50. The smallest absolute Gasteiger partial charge is 0.423 e. The number of methoxy groups -OCH3 is 1. The second kappa shape index (κ2) is 13.8. The molecule has 15 heteroatoms. The minimum Gasteiger partial charge on any atom is -0.497 e. The van der Waals surface area contributed by atoms with E-state index in [1.807, 2.05) is 16.9 Å². The van der Waals surface area contributed by atoms with E-state index in [9.17, 15) is 18.0 Å². The van der Waals surface area contributed by atoms with Crippen LogP contribution in [0.5, 0.6) is 5.75 Å². The maximum absolute atomic E-state index is 14.0. The number of piperidine rings is 1. The van der Waals surface area contributed by atoms with E-state index < -0.39 is 29.0 Å². The molecule has 1 aliphatic rings. The fourth-order valence-electron chi connectivity index (χ4n) is 5.09. The zero-order chi connectivity index (χ0) is 32.0. The minimum atomic E-state index is -4.89. The van der Waals surface area contributed by atoms with E-state index in [2.05, 4.69) is 36.7 Å². The molecule has 1 saturated heterocycles. The van der Waals surface area contributed by atoms with Gasteiger partial charge < -0.3 is 19.7 Å². The van der Waals surface area contributed by atoms with Crippen molar-refractivity contribution in [3.8, 4) is 11.8 Å². The number of hydrogen-bond acceptors (Lipinski definition) is 10. The summed E-state index contributed by atoms with van der Waals surface area (Å²) >= 11 is 0. The first kappa shape index (κ1) is 31.5. The number of nitrogens with zero attached hydrogens (tertiary/aromatic N) is 8. The molecule has 4 aromatic rings. The Hall–Kier alpha value is -4.97. The van der Waals surface area contributed by atoms with Crippen LogP contribution < -0.4 is 20.5 Å². The standard InChI is InChI=1S/C30H32F3N9O3/c1-20(37-26-15-36-42(29(43)28(26)30(31,32)33)16-21-3-6-25(44-2)7-4-21)18-45-19-23-17-41(39-38-23)24-9-11-40(12-10-24)27-8-5-22(13-34)14-35-27/h3-8,14-15,17,20,24,37H,9-12,16,18-19H2,1-2H3. The van der Waals surface area contributed by atoms with E-state index in [1.54, 1.807) is 43.5 Å². The van der Waals surface area contributed by atoms with Gasteiger partial charge in [-0.3, -0.25) is 4.79 Å². The number of benzene rings is 1. The van der Waals surface area contributed by atoms with Crippen molar-refractivity contribution in [3.05, 3.63) is 87.7 Å². The van der Waals surface area contributed by atoms with Gasteiger partial charge in [-0.25, -0.2) is 14.3 Å². The molecule has 0 radical (unpaired) electrons. The number of hydrogen-bond donors (Lipinski definition) is 1. The highest BCUT2D eigenvalue weighted by Gasteiger charge is 2.38. The molecule has 236 valence electrons. The van der Waals surface area contributed by atoms with Gasteiger partial charge in [-0.15, -0.1) is 5.10 Å². The third kappa shape index (κ3) is 7.76. The minimum absolute atomic E-state index is 0.0507. The summed E-state index contributed by atoms with van der Waals surface area (Å²) in [5, 5.41) is 24.1. The maximum Gasteiger partial charge on any atom is 0.423 e. The first-order valence-electron chi connectivity index (χ1n) is 14.3. The van der Waals surface area contributed by atoms with Crippen molar-refractivity contribution in [1.82, 2.24) is 29.8 Å². The van der Waals surface area contributed by atoms with Crippen molar-refractivity contribution >= 4 is 11.5 Å². The Morgan fingerprint density at radius 3 is 2.53 bits per heavy atom. The average molecular weight is 624 g/mol. The molecule has 1 atom stereocenters. The quantitative estimate of drug-likeness (QED) is 0.261. The van der Waals surface area contributed by atoms with Gasteiger partial charge in [0, 0.05) is 25.3 Å². The van der Waals surface area contributed by atoms with Gasteiger partial charge in [-0.2, -0.15) is 23.5 Å². The lowest BCUT2D eigenvalue weighted by molar-refractivity contribution is -0.138. The van der Waals surface area contributed by atoms with Crippen LogP contribution in [0.25, 0.3) is 0 Å². The maximum atomic E-state index is 14.0. The van der Waals surface area contributed by atoms with E-state index in [4.69, 9.17) is 14.7 Å². The number of pyridine rings is 1. The van der Waals surface area contributed by atoms with E-state index in [1.165, 1.54) is 7.11 Å². The lowest BCUT2D eigenvalue weighted by Crippen LogP contribution is -2.35. The van der Waals surface area contributed by atoms with E-state index in [0.717, 1.165) is 42.6 Å². The number of halogens is 3. The molecule has 45 heavy (non-hydrogen) atoms. The molecule has 0 saturated carbocycles. The topological polar surface area (TPSA) is 136 Å². The van der Waals surface area contributed by atoms with E-state index >= 15 is 0 Å². The number of anilines is 2. The van der Waals surface area contributed by atoms with Crippen molar-refractivity contribution < 1.29 is 22.6 Å². The van der Waals surface area contributed by atoms with Crippen molar-refractivity contribution in [1.29, 1.82) is 5.26 Å². The Kier molecular flexibility index (Phi) is 9.62. The molecular weight excluding hydrogens is 591 g/mol. The fourth-order valence-corrected chi connectivity index (χ4v) is 5.09. The highest BCUT2D eigenvalue weighted by atomic mass is 19.4. The summed E-state index contributed by atoms with van der Waals surface area (Å²) in [5.41, 5.74) is -1.26. The molecule has 3 aromatic heterocycles. The molecular formula is C30H32F3N9O3. The van der Waals surface area contributed by atoms with Gasteiger partial charge in [-0.1, -0.05) is 17.3 Å².